The molecule has 0 unspecified atom stereocenters. The number of hydrogen-bond donors (Lipinski definition) is 0. The molecular formula is C26H38N2O5. The van der Waals surface area contributed by atoms with E-state index in [1.54, 1.807) is 14.2 Å². The maximum absolute atomic E-state index is 13.7. The van der Waals surface area contributed by atoms with Gasteiger partial charge in [0.05, 0.1) is 25.4 Å². The van der Waals surface area contributed by atoms with Gasteiger partial charge in [-0.15, -0.1) is 0 Å². The van der Waals surface area contributed by atoms with Crippen molar-refractivity contribution in [3.05, 3.63) is 35.5 Å². The van der Waals surface area contributed by atoms with Crippen molar-refractivity contribution in [2.45, 2.75) is 52.0 Å². The first-order valence-electron chi connectivity index (χ1n) is 12.1. The SMILES string of the molecule is COCCN(CCOC)C1=C(c2ccc(OCC(C)C)cc2)C(=O)N(C2CCCCC2)C1=O. The maximum atomic E-state index is 13.7. The van der Waals surface area contributed by atoms with Crippen molar-refractivity contribution in [3.63, 3.8) is 0 Å². The minimum Gasteiger partial charge on any atom is -0.493 e. The lowest BCUT2D eigenvalue weighted by atomic mass is 9.94. The molecule has 0 aromatic heterocycles. The van der Waals surface area contributed by atoms with E-state index in [-0.39, 0.29) is 17.9 Å². The fourth-order valence-corrected chi connectivity index (χ4v) is 4.48. The molecule has 1 aliphatic heterocycles. The zero-order chi connectivity index (χ0) is 23.8. The van der Waals surface area contributed by atoms with Gasteiger partial charge in [-0.1, -0.05) is 45.2 Å². The molecule has 1 saturated carbocycles. The Labute approximate surface area is 197 Å². The van der Waals surface area contributed by atoms with E-state index >= 15 is 0 Å². The molecule has 0 N–H and O–H groups in total. The summed E-state index contributed by atoms with van der Waals surface area (Å²) in [6, 6.07) is 7.47. The second-order valence-corrected chi connectivity index (χ2v) is 9.20. The monoisotopic (exact) mass is 458 g/mol. The number of carbonyl (C=O) groups is 2. The lowest BCUT2D eigenvalue weighted by Gasteiger charge is -2.31. The van der Waals surface area contributed by atoms with Crippen LogP contribution >= 0.6 is 0 Å². The Morgan fingerprint density at radius 3 is 2.09 bits per heavy atom. The van der Waals surface area contributed by atoms with Crippen molar-refractivity contribution < 1.29 is 23.8 Å². The first-order valence-corrected chi connectivity index (χ1v) is 12.1. The third kappa shape index (κ3) is 6.15. The number of imide groups is 1. The van der Waals surface area contributed by atoms with E-state index < -0.39 is 0 Å². The number of amides is 2. The van der Waals surface area contributed by atoms with E-state index in [0.717, 1.165) is 43.4 Å². The number of benzene rings is 1. The molecule has 2 amide bonds. The van der Waals surface area contributed by atoms with Gasteiger partial charge in [0.25, 0.3) is 11.8 Å². The van der Waals surface area contributed by atoms with Gasteiger partial charge in [0, 0.05) is 33.4 Å². The van der Waals surface area contributed by atoms with Crippen LogP contribution in [0.15, 0.2) is 30.0 Å². The topological polar surface area (TPSA) is 68.3 Å². The Hall–Kier alpha value is -2.38. The average Bonchev–Trinajstić information content (AvgIpc) is 3.08. The predicted octanol–water partition coefficient (Wildman–Crippen LogP) is 3.73. The van der Waals surface area contributed by atoms with Crippen LogP contribution in [0.4, 0.5) is 0 Å². The van der Waals surface area contributed by atoms with Gasteiger partial charge in [-0.3, -0.25) is 14.5 Å². The summed E-state index contributed by atoms with van der Waals surface area (Å²) in [6.07, 6.45) is 4.99. The van der Waals surface area contributed by atoms with Gasteiger partial charge in [-0.25, -0.2) is 0 Å². The van der Waals surface area contributed by atoms with Crippen LogP contribution in [0, 0.1) is 5.92 Å². The van der Waals surface area contributed by atoms with E-state index in [4.69, 9.17) is 14.2 Å². The third-order valence-electron chi connectivity index (χ3n) is 6.20. The van der Waals surface area contributed by atoms with E-state index in [1.807, 2.05) is 29.2 Å². The smallest absolute Gasteiger partial charge is 0.278 e. The molecule has 0 saturated heterocycles. The van der Waals surface area contributed by atoms with Gasteiger partial charge in [-0.05, 0) is 36.5 Å². The van der Waals surface area contributed by atoms with Gasteiger partial charge in [-0.2, -0.15) is 0 Å². The first kappa shape index (κ1) is 25.2. The van der Waals surface area contributed by atoms with Crippen LogP contribution in [0.5, 0.6) is 5.75 Å². The van der Waals surface area contributed by atoms with E-state index in [2.05, 4.69) is 13.8 Å². The van der Waals surface area contributed by atoms with Crippen molar-refractivity contribution in [2.75, 3.05) is 47.1 Å². The standard InChI is InChI=1S/C26H38N2O5/c1-19(2)18-33-22-12-10-20(11-13-22)23-24(27(14-16-31-3)15-17-32-4)26(30)28(25(23)29)21-8-6-5-7-9-21/h10-13,19,21H,5-9,14-18H2,1-4H3. The van der Waals surface area contributed by atoms with Crippen LogP contribution in [0.25, 0.3) is 5.57 Å². The summed E-state index contributed by atoms with van der Waals surface area (Å²) in [5, 5.41) is 0. The van der Waals surface area contributed by atoms with Crippen molar-refractivity contribution in [1.29, 1.82) is 0 Å². The van der Waals surface area contributed by atoms with Crippen LogP contribution in [0.2, 0.25) is 0 Å². The second-order valence-electron chi connectivity index (χ2n) is 9.20. The highest BCUT2D eigenvalue weighted by molar-refractivity contribution is 6.35. The van der Waals surface area contributed by atoms with Gasteiger partial charge in [0.15, 0.2) is 0 Å². The summed E-state index contributed by atoms with van der Waals surface area (Å²) in [4.78, 5) is 30.9. The molecule has 2 aliphatic rings. The van der Waals surface area contributed by atoms with Crippen molar-refractivity contribution >= 4 is 17.4 Å². The zero-order valence-electron chi connectivity index (χ0n) is 20.5. The molecule has 1 heterocycles. The maximum Gasteiger partial charge on any atom is 0.278 e. The summed E-state index contributed by atoms with van der Waals surface area (Å²) >= 11 is 0. The summed E-state index contributed by atoms with van der Waals surface area (Å²) < 4.78 is 16.4. The number of hydrogen-bond acceptors (Lipinski definition) is 6. The van der Waals surface area contributed by atoms with Crippen molar-refractivity contribution in [2.24, 2.45) is 5.92 Å². The molecule has 1 aromatic carbocycles. The van der Waals surface area contributed by atoms with Crippen LogP contribution in [0.1, 0.15) is 51.5 Å². The van der Waals surface area contributed by atoms with Gasteiger partial charge < -0.3 is 19.1 Å². The van der Waals surface area contributed by atoms with Crippen LogP contribution in [0.3, 0.4) is 0 Å². The van der Waals surface area contributed by atoms with Crippen LogP contribution in [-0.4, -0.2) is 74.8 Å². The highest BCUT2D eigenvalue weighted by atomic mass is 16.5. The normalized spacial score (nSPS) is 17.4. The predicted molar refractivity (Wildman–Crippen MR) is 128 cm³/mol. The lowest BCUT2D eigenvalue weighted by molar-refractivity contribution is -0.141. The van der Waals surface area contributed by atoms with Gasteiger partial charge in [0.2, 0.25) is 0 Å². The largest absolute Gasteiger partial charge is 0.493 e. The Kier molecular flexibility index (Phi) is 9.32. The second kappa shape index (κ2) is 12.2. The molecular weight excluding hydrogens is 420 g/mol. The zero-order valence-corrected chi connectivity index (χ0v) is 20.5. The molecule has 0 atom stereocenters. The summed E-state index contributed by atoms with van der Waals surface area (Å²) in [7, 11) is 3.27. The molecule has 0 bridgehead atoms. The van der Waals surface area contributed by atoms with E-state index in [1.165, 1.54) is 4.90 Å². The summed E-state index contributed by atoms with van der Waals surface area (Å²) in [5.41, 5.74) is 1.65. The van der Waals surface area contributed by atoms with Crippen molar-refractivity contribution in [3.8, 4) is 5.75 Å². The highest BCUT2D eigenvalue weighted by Crippen LogP contribution is 2.36. The Morgan fingerprint density at radius 2 is 1.55 bits per heavy atom. The first-order chi connectivity index (χ1) is 16.0. The minimum atomic E-state index is -0.200. The number of methoxy groups -OCH3 is 2. The number of ether oxygens (including phenoxy) is 3. The van der Waals surface area contributed by atoms with E-state index in [0.29, 0.717) is 50.1 Å². The Balaban J connectivity index is 1.98. The van der Waals surface area contributed by atoms with Gasteiger partial charge in [0.1, 0.15) is 11.4 Å². The molecule has 182 valence electrons. The third-order valence-corrected chi connectivity index (χ3v) is 6.20. The average molecular weight is 459 g/mol. The number of rotatable bonds is 12. The molecule has 1 aliphatic carbocycles. The molecule has 1 aromatic rings. The van der Waals surface area contributed by atoms with Gasteiger partial charge >= 0.3 is 0 Å². The van der Waals surface area contributed by atoms with Crippen LogP contribution < -0.4 is 4.74 Å². The minimum absolute atomic E-state index is 0.0356. The fourth-order valence-electron chi connectivity index (χ4n) is 4.48. The molecule has 3 rings (SSSR count). The van der Waals surface area contributed by atoms with Crippen molar-refractivity contribution in [1.82, 2.24) is 9.80 Å². The molecule has 7 nitrogen and oxygen atoms in total. The Bertz CT molecular complexity index is 820. The summed E-state index contributed by atoms with van der Waals surface area (Å²) in [5.74, 6) is 0.783. The lowest BCUT2D eigenvalue weighted by Crippen LogP contribution is -2.44. The highest BCUT2D eigenvalue weighted by Gasteiger charge is 2.44. The van der Waals surface area contributed by atoms with E-state index in [9.17, 15) is 9.59 Å². The number of carbonyl (C=O) groups excluding carboxylic acids is 2. The van der Waals surface area contributed by atoms with Crippen LogP contribution in [-0.2, 0) is 19.1 Å². The Morgan fingerprint density at radius 1 is 0.939 bits per heavy atom. The molecule has 33 heavy (non-hydrogen) atoms. The molecule has 0 spiro atoms. The molecule has 7 heteroatoms. The summed E-state index contributed by atoms with van der Waals surface area (Å²) in [6.45, 7) is 6.74. The molecule has 0 radical (unpaired) electrons. The number of nitrogens with zero attached hydrogens (tertiary/aromatic N) is 2. The quantitative estimate of drug-likeness (QED) is 0.445. The fraction of sp³-hybridized carbons (Fsp3) is 0.615. The molecule has 1 fully saturated rings.